The second-order valence-corrected chi connectivity index (χ2v) is 8.00. The SMILES string of the molecule is CCCCCC/C=C\CCCCCCCCCC(=O)C1=C(O)[C@@H](O)CCC1=O. The average molecular weight is 393 g/mol. The number of Topliss-reactive ketones (excluding diaryl/α,β-unsaturated/α-hetero) is 2. The van der Waals surface area contributed by atoms with Crippen molar-refractivity contribution in [3.05, 3.63) is 23.5 Å². The van der Waals surface area contributed by atoms with Gasteiger partial charge >= 0.3 is 0 Å². The van der Waals surface area contributed by atoms with Gasteiger partial charge in [0.25, 0.3) is 0 Å². The van der Waals surface area contributed by atoms with Gasteiger partial charge in [0.1, 0.15) is 17.4 Å². The molecule has 0 aromatic rings. The molecular formula is C24H40O4. The first-order valence-electron chi connectivity index (χ1n) is 11.4. The highest BCUT2D eigenvalue weighted by Crippen LogP contribution is 2.23. The zero-order chi connectivity index (χ0) is 20.6. The minimum atomic E-state index is -1.06. The van der Waals surface area contributed by atoms with E-state index in [1.807, 2.05) is 0 Å². The van der Waals surface area contributed by atoms with Crippen LogP contribution in [-0.4, -0.2) is 27.9 Å². The van der Waals surface area contributed by atoms with Gasteiger partial charge in [-0.2, -0.15) is 0 Å². The maximum atomic E-state index is 12.1. The second-order valence-electron chi connectivity index (χ2n) is 8.00. The average Bonchev–Trinajstić information content (AvgIpc) is 2.68. The molecule has 4 nitrogen and oxygen atoms in total. The van der Waals surface area contributed by atoms with Crippen LogP contribution in [0.25, 0.3) is 0 Å². The Kier molecular flexibility index (Phi) is 13.6. The van der Waals surface area contributed by atoms with Gasteiger partial charge in [-0.05, 0) is 38.5 Å². The van der Waals surface area contributed by atoms with Crippen molar-refractivity contribution < 1.29 is 19.8 Å². The van der Waals surface area contributed by atoms with Gasteiger partial charge in [-0.3, -0.25) is 9.59 Å². The zero-order valence-electron chi connectivity index (χ0n) is 17.8. The van der Waals surface area contributed by atoms with Gasteiger partial charge in [-0.1, -0.05) is 70.4 Å². The van der Waals surface area contributed by atoms with Crippen LogP contribution >= 0.6 is 0 Å². The van der Waals surface area contributed by atoms with E-state index in [0.717, 1.165) is 19.3 Å². The number of hydrogen-bond acceptors (Lipinski definition) is 4. The van der Waals surface area contributed by atoms with Crippen LogP contribution in [0.2, 0.25) is 0 Å². The van der Waals surface area contributed by atoms with Gasteiger partial charge in [-0.15, -0.1) is 0 Å². The molecule has 28 heavy (non-hydrogen) atoms. The number of ketones is 2. The third-order valence-electron chi connectivity index (χ3n) is 5.44. The fourth-order valence-electron chi connectivity index (χ4n) is 3.62. The highest BCUT2D eigenvalue weighted by Gasteiger charge is 2.30. The molecule has 0 saturated heterocycles. The van der Waals surface area contributed by atoms with Crippen LogP contribution in [0.3, 0.4) is 0 Å². The number of carbonyl (C=O) groups is 2. The van der Waals surface area contributed by atoms with E-state index in [9.17, 15) is 19.8 Å². The lowest BCUT2D eigenvalue weighted by atomic mass is 9.89. The molecule has 0 fully saturated rings. The third-order valence-corrected chi connectivity index (χ3v) is 5.44. The van der Waals surface area contributed by atoms with E-state index in [1.54, 1.807) is 0 Å². The molecule has 1 atom stereocenters. The van der Waals surface area contributed by atoms with Crippen molar-refractivity contribution in [3.8, 4) is 0 Å². The van der Waals surface area contributed by atoms with E-state index < -0.39 is 11.9 Å². The molecule has 0 spiro atoms. The van der Waals surface area contributed by atoms with Crippen LogP contribution in [0.1, 0.15) is 110 Å². The maximum absolute atomic E-state index is 12.1. The van der Waals surface area contributed by atoms with Gasteiger partial charge < -0.3 is 10.2 Å². The summed E-state index contributed by atoms with van der Waals surface area (Å²) in [5.41, 5.74) is -0.155. The van der Waals surface area contributed by atoms with E-state index in [4.69, 9.17) is 0 Å². The van der Waals surface area contributed by atoms with Crippen molar-refractivity contribution >= 4 is 11.6 Å². The zero-order valence-corrected chi connectivity index (χ0v) is 17.8. The molecule has 0 bridgehead atoms. The molecule has 0 radical (unpaired) electrons. The van der Waals surface area contributed by atoms with E-state index in [-0.39, 0.29) is 36.4 Å². The Bertz CT molecular complexity index is 519. The second kappa shape index (κ2) is 15.5. The van der Waals surface area contributed by atoms with Crippen LogP contribution in [0.4, 0.5) is 0 Å². The Balaban J connectivity index is 1.98. The van der Waals surface area contributed by atoms with Gasteiger partial charge in [0, 0.05) is 12.8 Å². The number of allylic oxidation sites excluding steroid dienone is 3. The number of rotatable bonds is 16. The van der Waals surface area contributed by atoms with Crippen LogP contribution in [0.15, 0.2) is 23.5 Å². The third kappa shape index (κ3) is 10.2. The molecule has 1 rings (SSSR count). The Morgan fingerprint density at radius 2 is 1.46 bits per heavy atom. The van der Waals surface area contributed by atoms with Crippen molar-refractivity contribution in [2.24, 2.45) is 0 Å². The molecule has 0 heterocycles. The van der Waals surface area contributed by atoms with E-state index in [2.05, 4.69) is 19.1 Å². The summed E-state index contributed by atoms with van der Waals surface area (Å²) in [5.74, 6) is -1.07. The number of aliphatic hydroxyl groups excluding tert-OH is 2. The Morgan fingerprint density at radius 1 is 0.929 bits per heavy atom. The molecule has 1 aliphatic rings. The smallest absolute Gasteiger partial charge is 0.170 e. The Hall–Kier alpha value is -1.42. The van der Waals surface area contributed by atoms with Crippen LogP contribution < -0.4 is 0 Å². The summed E-state index contributed by atoms with van der Waals surface area (Å²) in [7, 11) is 0. The molecule has 0 unspecified atom stereocenters. The number of aliphatic hydroxyl groups is 2. The van der Waals surface area contributed by atoms with Gasteiger partial charge in [0.15, 0.2) is 11.6 Å². The summed E-state index contributed by atoms with van der Waals surface area (Å²) in [5, 5.41) is 19.4. The lowest BCUT2D eigenvalue weighted by molar-refractivity contribution is -0.123. The largest absolute Gasteiger partial charge is 0.509 e. The van der Waals surface area contributed by atoms with Crippen molar-refractivity contribution in [2.45, 2.75) is 116 Å². The Morgan fingerprint density at radius 3 is 2.07 bits per heavy atom. The molecule has 0 saturated carbocycles. The minimum absolute atomic E-state index is 0.139. The highest BCUT2D eigenvalue weighted by molar-refractivity contribution is 6.21. The molecule has 0 amide bonds. The van der Waals surface area contributed by atoms with Crippen molar-refractivity contribution in [1.82, 2.24) is 0 Å². The number of hydrogen-bond donors (Lipinski definition) is 2. The van der Waals surface area contributed by atoms with Crippen LogP contribution in [-0.2, 0) is 9.59 Å². The maximum Gasteiger partial charge on any atom is 0.170 e. The quantitative estimate of drug-likeness (QED) is 0.188. The molecule has 2 N–H and O–H groups in total. The lowest BCUT2D eigenvalue weighted by Gasteiger charge is -2.18. The standard InChI is InChI=1S/C24H40O4/c1-2-3-4-5-6-7-8-9-10-11-12-13-14-15-16-17-20(25)23-21(26)18-19-22(27)24(23)28/h7-8,22,27-28H,2-6,9-19H2,1H3/b8-7-/t22-/m0/s1. The molecule has 1 aliphatic carbocycles. The Labute approximate surface area is 171 Å². The molecule has 0 aromatic heterocycles. The summed E-state index contributed by atoms with van der Waals surface area (Å²) in [6.45, 7) is 2.24. The summed E-state index contributed by atoms with van der Waals surface area (Å²) in [6.07, 6.45) is 19.7. The van der Waals surface area contributed by atoms with Crippen molar-refractivity contribution in [1.29, 1.82) is 0 Å². The normalized spacial score (nSPS) is 17.6. The molecule has 0 aromatic carbocycles. The van der Waals surface area contributed by atoms with Crippen molar-refractivity contribution in [2.75, 3.05) is 0 Å². The van der Waals surface area contributed by atoms with Crippen LogP contribution in [0.5, 0.6) is 0 Å². The summed E-state index contributed by atoms with van der Waals surface area (Å²) in [6, 6.07) is 0. The van der Waals surface area contributed by atoms with Crippen LogP contribution in [0, 0.1) is 0 Å². The first-order chi connectivity index (χ1) is 13.6. The number of carbonyl (C=O) groups excluding carboxylic acids is 2. The topological polar surface area (TPSA) is 74.6 Å². The fourth-order valence-corrected chi connectivity index (χ4v) is 3.62. The lowest BCUT2D eigenvalue weighted by Crippen LogP contribution is -2.27. The summed E-state index contributed by atoms with van der Waals surface area (Å²) >= 11 is 0. The molecule has 4 heteroatoms. The molecule has 0 aliphatic heterocycles. The van der Waals surface area contributed by atoms with E-state index in [1.165, 1.54) is 64.2 Å². The van der Waals surface area contributed by atoms with Crippen molar-refractivity contribution in [3.63, 3.8) is 0 Å². The van der Waals surface area contributed by atoms with Gasteiger partial charge in [0.2, 0.25) is 0 Å². The van der Waals surface area contributed by atoms with E-state index >= 15 is 0 Å². The van der Waals surface area contributed by atoms with Gasteiger partial charge in [-0.25, -0.2) is 0 Å². The van der Waals surface area contributed by atoms with Gasteiger partial charge in [0.05, 0.1) is 0 Å². The first-order valence-corrected chi connectivity index (χ1v) is 11.4. The molecule has 160 valence electrons. The summed E-state index contributed by atoms with van der Waals surface area (Å²) < 4.78 is 0. The predicted molar refractivity (Wildman–Crippen MR) is 114 cm³/mol. The highest BCUT2D eigenvalue weighted by atomic mass is 16.3. The summed E-state index contributed by atoms with van der Waals surface area (Å²) in [4.78, 5) is 23.9. The number of unbranched alkanes of at least 4 members (excludes halogenated alkanes) is 11. The monoisotopic (exact) mass is 392 g/mol. The fraction of sp³-hybridized carbons (Fsp3) is 0.750. The first kappa shape index (κ1) is 24.6. The minimum Gasteiger partial charge on any atom is -0.509 e. The van der Waals surface area contributed by atoms with E-state index in [0.29, 0.717) is 0 Å². The molecular weight excluding hydrogens is 352 g/mol. The predicted octanol–water partition coefficient (Wildman–Crippen LogP) is 6.13.